The second kappa shape index (κ2) is 14.6. The lowest BCUT2D eigenvalue weighted by Gasteiger charge is -2.31. The molecular formula is C38H38F6N2O5S. The van der Waals surface area contributed by atoms with Crippen LogP contribution < -0.4 is 4.90 Å². The molecular weight excluding hydrogens is 710 g/mol. The first-order chi connectivity index (χ1) is 24.2. The van der Waals surface area contributed by atoms with Crippen molar-refractivity contribution in [2.24, 2.45) is 0 Å². The summed E-state index contributed by atoms with van der Waals surface area (Å²) in [5.74, 6) is -14.5. The lowest BCUT2D eigenvalue weighted by Crippen LogP contribution is -2.43. The van der Waals surface area contributed by atoms with E-state index in [9.17, 15) is 41.0 Å². The van der Waals surface area contributed by atoms with Crippen molar-refractivity contribution in [1.82, 2.24) is 4.31 Å². The van der Waals surface area contributed by atoms with Crippen LogP contribution in [-0.4, -0.2) is 35.4 Å². The highest BCUT2D eigenvalue weighted by Gasteiger charge is 2.39. The third kappa shape index (κ3) is 7.89. The number of hydrogen-bond donors (Lipinski definition) is 2. The number of rotatable bonds is 11. The molecule has 1 fully saturated rings. The largest absolute Gasteiger partial charge is 0.364 e. The van der Waals surface area contributed by atoms with Crippen LogP contribution in [0.15, 0.2) is 59.5 Å². The molecule has 52 heavy (non-hydrogen) atoms. The summed E-state index contributed by atoms with van der Waals surface area (Å²) in [6.07, 6.45) is 0.0848. The molecule has 1 aliphatic rings. The van der Waals surface area contributed by atoms with Gasteiger partial charge in [-0.05, 0) is 84.0 Å². The second-order valence-electron chi connectivity index (χ2n) is 14.1. The molecule has 4 aromatic carbocycles. The maximum absolute atomic E-state index is 15.0. The first-order valence-corrected chi connectivity index (χ1v) is 17.8. The van der Waals surface area contributed by atoms with E-state index in [-0.39, 0.29) is 33.1 Å². The molecule has 0 radical (unpaired) electrons. The van der Waals surface area contributed by atoms with Gasteiger partial charge in [0.25, 0.3) is 0 Å². The van der Waals surface area contributed by atoms with E-state index in [0.717, 1.165) is 36.1 Å². The number of aliphatic hydroxyl groups is 2. The fourth-order valence-corrected chi connectivity index (χ4v) is 7.63. The molecule has 0 heterocycles. The molecule has 0 aromatic heterocycles. The normalized spacial score (nSPS) is 13.7. The number of amides is 1. The second-order valence-corrected chi connectivity index (χ2v) is 16.0. The Kier molecular flexibility index (Phi) is 11.0. The first-order valence-electron chi connectivity index (χ1n) is 16.4. The fourth-order valence-electron chi connectivity index (χ4n) is 6.15. The van der Waals surface area contributed by atoms with Crippen LogP contribution in [0, 0.1) is 48.8 Å². The number of benzene rings is 4. The van der Waals surface area contributed by atoms with Crippen molar-refractivity contribution in [1.29, 1.82) is 0 Å². The zero-order valence-electron chi connectivity index (χ0n) is 29.1. The molecule has 0 unspecified atom stereocenters. The number of aliphatic hydroxyl groups excluding tert-OH is 1. The quantitative estimate of drug-likeness (QED) is 0.0709. The van der Waals surface area contributed by atoms with Crippen LogP contribution in [0.4, 0.5) is 32.0 Å². The topological polar surface area (TPSA) is 98.2 Å². The van der Waals surface area contributed by atoms with E-state index >= 15 is 8.78 Å². The van der Waals surface area contributed by atoms with Gasteiger partial charge in [-0.1, -0.05) is 57.2 Å². The van der Waals surface area contributed by atoms with E-state index in [2.05, 4.69) is 6.07 Å². The minimum atomic E-state index is -5.74. The number of sulfonamides is 1. The van der Waals surface area contributed by atoms with Crippen molar-refractivity contribution in [3.63, 3.8) is 0 Å². The zero-order chi connectivity index (χ0) is 38.4. The van der Waals surface area contributed by atoms with E-state index in [4.69, 9.17) is 0 Å². The molecule has 14 heteroatoms. The highest BCUT2D eigenvalue weighted by Crippen LogP contribution is 2.42. The number of nitrogens with zero attached hydrogens (tertiary/aromatic N) is 2. The summed E-state index contributed by atoms with van der Waals surface area (Å²) in [4.78, 5) is 13.6. The number of carbonyl (C=O) groups excluding carboxylic acids is 1. The predicted molar refractivity (Wildman–Crippen MR) is 182 cm³/mol. The molecule has 1 saturated carbocycles. The van der Waals surface area contributed by atoms with Crippen LogP contribution in [0.25, 0.3) is 0 Å². The van der Waals surface area contributed by atoms with Crippen LogP contribution in [0.2, 0.25) is 0 Å². The Hall–Kier alpha value is -4.24. The van der Waals surface area contributed by atoms with Gasteiger partial charge < -0.3 is 15.1 Å². The SMILES string of the molecule is Cc1cc(C(O)O)cc(C)c1N(Cc1cc(C2CC2)cc(C(C)(C)C)c1)C(=O)CN(Cc1ccccc1F)S(=O)(=O)c1c(F)c(F)c(F)c(F)c1F. The van der Waals surface area contributed by atoms with Gasteiger partial charge in [0.15, 0.2) is 34.5 Å². The number of halogens is 6. The van der Waals surface area contributed by atoms with Gasteiger partial charge in [-0.25, -0.2) is 34.8 Å². The molecule has 0 aliphatic heterocycles. The molecule has 2 N–H and O–H groups in total. The van der Waals surface area contributed by atoms with Gasteiger partial charge in [-0.3, -0.25) is 4.79 Å². The number of anilines is 1. The summed E-state index contributed by atoms with van der Waals surface area (Å²) in [6.45, 7) is 6.80. The highest BCUT2D eigenvalue weighted by atomic mass is 32.2. The third-order valence-corrected chi connectivity index (χ3v) is 10.8. The number of hydrogen-bond acceptors (Lipinski definition) is 5. The molecule has 0 bridgehead atoms. The minimum absolute atomic E-state index is 0.104. The van der Waals surface area contributed by atoms with E-state index in [1.165, 1.54) is 29.2 Å². The molecule has 278 valence electrons. The molecule has 0 spiro atoms. The zero-order valence-corrected chi connectivity index (χ0v) is 29.9. The van der Waals surface area contributed by atoms with Gasteiger partial charge in [-0.15, -0.1) is 0 Å². The molecule has 1 amide bonds. The molecule has 7 nitrogen and oxygen atoms in total. The molecule has 5 rings (SSSR count). The van der Waals surface area contributed by atoms with Gasteiger partial charge in [0.05, 0.1) is 13.1 Å². The lowest BCUT2D eigenvalue weighted by atomic mass is 9.84. The van der Waals surface area contributed by atoms with Crippen molar-refractivity contribution in [2.75, 3.05) is 11.4 Å². The van der Waals surface area contributed by atoms with Crippen molar-refractivity contribution in [2.45, 2.75) is 83.1 Å². The Bertz CT molecular complexity index is 2100. The number of carbonyl (C=O) groups is 1. The predicted octanol–water partition coefficient (Wildman–Crippen LogP) is 7.72. The fraction of sp³-hybridized carbons (Fsp3) is 0.342. The molecule has 1 aliphatic carbocycles. The van der Waals surface area contributed by atoms with Crippen molar-refractivity contribution in [3.8, 4) is 0 Å². The summed E-state index contributed by atoms with van der Waals surface area (Å²) in [6, 6.07) is 13.5. The summed E-state index contributed by atoms with van der Waals surface area (Å²) in [5, 5.41) is 19.7. The van der Waals surface area contributed by atoms with Gasteiger partial charge in [0.2, 0.25) is 21.7 Å². The highest BCUT2D eigenvalue weighted by molar-refractivity contribution is 7.89. The smallest absolute Gasteiger partial charge is 0.249 e. The summed E-state index contributed by atoms with van der Waals surface area (Å²) < 4.78 is 116. The van der Waals surface area contributed by atoms with Crippen LogP contribution >= 0.6 is 0 Å². The Morgan fingerprint density at radius 1 is 0.827 bits per heavy atom. The Morgan fingerprint density at radius 2 is 1.38 bits per heavy atom. The maximum atomic E-state index is 15.0. The summed E-state index contributed by atoms with van der Waals surface area (Å²) >= 11 is 0. The van der Waals surface area contributed by atoms with E-state index in [1.54, 1.807) is 13.8 Å². The lowest BCUT2D eigenvalue weighted by molar-refractivity contribution is -0.119. The molecule has 0 saturated heterocycles. The van der Waals surface area contributed by atoms with Crippen molar-refractivity contribution < 1.29 is 49.8 Å². The van der Waals surface area contributed by atoms with Gasteiger partial charge in [-0.2, -0.15) is 4.31 Å². The number of aryl methyl sites for hydroxylation is 2. The van der Waals surface area contributed by atoms with Crippen molar-refractivity contribution >= 4 is 21.6 Å². The average Bonchev–Trinajstić information content (AvgIpc) is 3.91. The molecule has 0 atom stereocenters. The Morgan fingerprint density at radius 3 is 1.90 bits per heavy atom. The van der Waals surface area contributed by atoms with E-state index in [1.807, 2.05) is 32.9 Å². The molecule has 4 aromatic rings. The van der Waals surface area contributed by atoms with Crippen LogP contribution in [0.1, 0.15) is 84.8 Å². The van der Waals surface area contributed by atoms with Crippen LogP contribution in [0.5, 0.6) is 0 Å². The van der Waals surface area contributed by atoms with E-state index in [0.29, 0.717) is 22.6 Å². The van der Waals surface area contributed by atoms with E-state index < -0.39 is 75.1 Å². The van der Waals surface area contributed by atoms with Crippen molar-refractivity contribution in [3.05, 3.63) is 128 Å². The standard InChI is InChI=1S/C38H38F6N2O5S/c1-20-12-26(37(48)49)13-21(2)35(20)46(17-22-14-25(23-10-11-23)16-27(15-22)38(3,4)5)29(47)19-45(18-24-8-6-7-9-28(24)39)52(50,51)36-33(43)31(41)30(40)32(42)34(36)44/h6-9,12-16,23,37,48-49H,10-11,17-19H2,1-5H3. The Balaban J connectivity index is 1.67. The first kappa shape index (κ1) is 39.0. The van der Waals surface area contributed by atoms with Gasteiger partial charge in [0.1, 0.15) is 5.82 Å². The van der Waals surface area contributed by atoms with Gasteiger partial charge in [0, 0.05) is 23.4 Å². The van der Waals surface area contributed by atoms with Crippen LogP contribution in [0.3, 0.4) is 0 Å². The summed E-state index contributed by atoms with van der Waals surface area (Å²) in [7, 11) is -5.74. The maximum Gasteiger partial charge on any atom is 0.249 e. The third-order valence-electron chi connectivity index (χ3n) is 9.04. The van der Waals surface area contributed by atoms with Crippen LogP contribution in [-0.2, 0) is 33.3 Å². The average molecular weight is 749 g/mol. The summed E-state index contributed by atoms with van der Waals surface area (Å²) in [5.41, 5.74) is 3.07. The monoisotopic (exact) mass is 748 g/mol. The Labute approximate surface area is 298 Å². The van der Waals surface area contributed by atoms with Gasteiger partial charge >= 0.3 is 0 Å². The minimum Gasteiger partial charge on any atom is -0.364 e.